The number of rotatable bonds is 5. The van der Waals surface area contributed by atoms with Gasteiger partial charge in [-0.3, -0.25) is 15.0 Å². The molecule has 1 aromatic rings. The first kappa shape index (κ1) is 14.9. The zero-order chi connectivity index (χ0) is 14.5. The van der Waals surface area contributed by atoms with Gasteiger partial charge >= 0.3 is 0 Å². The molecule has 0 amide bonds. The Morgan fingerprint density at radius 3 is 2.85 bits per heavy atom. The van der Waals surface area contributed by atoms with Crippen LogP contribution in [-0.2, 0) is 0 Å². The summed E-state index contributed by atoms with van der Waals surface area (Å²) in [5.74, 6) is 0.426. The number of para-hydroxylation sites is 1. The van der Waals surface area contributed by atoms with Crippen LogP contribution in [0.5, 0.6) is 0 Å². The summed E-state index contributed by atoms with van der Waals surface area (Å²) in [5.41, 5.74) is 1.11. The van der Waals surface area contributed by atoms with E-state index in [4.69, 9.17) is 0 Å². The van der Waals surface area contributed by atoms with Crippen LogP contribution in [0.3, 0.4) is 0 Å². The maximum Gasteiger partial charge on any atom is 0.274 e. The lowest BCUT2D eigenvalue weighted by Crippen LogP contribution is -2.42. The Morgan fingerprint density at radius 1 is 1.45 bits per heavy atom. The first-order valence-electron chi connectivity index (χ1n) is 7.31. The summed E-state index contributed by atoms with van der Waals surface area (Å²) < 4.78 is 0. The SMILES string of the molecule is CCN1CCCC(CNC)C1c1ccccc1[N+](=O)[O-]. The molecule has 2 rings (SSSR count). The highest BCUT2D eigenvalue weighted by molar-refractivity contribution is 5.42. The van der Waals surface area contributed by atoms with E-state index in [-0.39, 0.29) is 16.7 Å². The van der Waals surface area contributed by atoms with Gasteiger partial charge in [0.05, 0.1) is 4.92 Å². The Balaban J connectivity index is 2.40. The number of nitrogens with zero attached hydrogens (tertiary/aromatic N) is 2. The second kappa shape index (κ2) is 6.81. The zero-order valence-corrected chi connectivity index (χ0v) is 12.2. The highest BCUT2D eigenvalue weighted by Gasteiger charge is 2.35. The standard InChI is InChI=1S/C15H23N3O2/c1-3-17-10-6-7-12(11-16-2)15(17)13-8-4-5-9-14(13)18(19)20/h4-5,8-9,12,15-16H,3,6-7,10-11H2,1-2H3. The molecule has 0 aliphatic carbocycles. The van der Waals surface area contributed by atoms with Crippen LogP contribution in [0.15, 0.2) is 24.3 Å². The van der Waals surface area contributed by atoms with Crippen molar-refractivity contribution < 1.29 is 4.92 Å². The molecule has 2 unspecified atom stereocenters. The van der Waals surface area contributed by atoms with Crippen molar-refractivity contribution in [1.82, 2.24) is 10.2 Å². The monoisotopic (exact) mass is 277 g/mol. The second-order valence-corrected chi connectivity index (χ2v) is 5.35. The van der Waals surface area contributed by atoms with Crippen molar-refractivity contribution in [3.05, 3.63) is 39.9 Å². The Morgan fingerprint density at radius 2 is 2.20 bits per heavy atom. The fraction of sp³-hybridized carbons (Fsp3) is 0.600. The lowest BCUT2D eigenvalue weighted by molar-refractivity contribution is -0.386. The zero-order valence-electron chi connectivity index (χ0n) is 12.2. The molecule has 1 aliphatic heterocycles. The Bertz CT molecular complexity index is 462. The first-order chi connectivity index (χ1) is 9.69. The molecular weight excluding hydrogens is 254 g/mol. The van der Waals surface area contributed by atoms with Crippen LogP contribution in [0.4, 0.5) is 5.69 Å². The van der Waals surface area contributed by atoms with E-state index in [2.05, 4.69) is 17.1 Å². The minimum absolute atomic E-state index is 0.141. The summed E-state index contributed by atoms with van der Waals surface area (Å²) in [5, 5.41) is 14.5. The molecule has 1 aromatic carbocycles. The number of nitro benzene ring substituents is 1. The predicted octanol–water partition coefficient (Wildman–Crippen LogP) is 2.59. The largest absolute Gasteiger partial charge is 0.319 e. The van der Waals surface area contributed by atoms with E-state index in [0.717, 1.165) is 38.0 Å². The van der Waals surface area contributed by atoms with Crippen molar-refractivity contribution in [2.24, 2.45) is 5.92 Å². The summed E-state index contributed by atoms with van der Waals surface area (Å²) in [6, 6.07) is 7.32. The molecule has 2 atom stereocenters. The van der Waals surface area contributed by atoms with Crippen molar-refractivity contribution >= 4 is 5.69 Å². The molecule has 0 spiro atoms. The molecule has 1 fully saturated rings. The van der Waals surface area contributed by atoms with E-state index in [0.29, 0.717) is 5.92 Å². The van der Waals surface area contributed by atoms with Gasteiger partial charge < -0.3 is 5.32 Å². The van der Waals surface area contributed by atoms with Crippen LogP contribution < -0.4 is 5.32 Å². The summed E-state index contributed by atoms with van der Waals surface area (Å²) in [7, 11) is 1.95. The third-order valence-corrected chi connectivity index (χ3v) is 4.18. The third kappa shape index (κ3) is 2.99. The van der Waals surface area contributed by atoms with Gasteiger partial charge in [-0.05, 0) is 45.4 Å². The number of nitro groups is 1. The number of piperidine rings is 1. The molecule has 5 nitrogen and oxygen atoms in total. The van der Waals surface area contributed by atoms with Crippen LogP contribution >= 0.6 is 0 Å². The van der Waals surface area contributed by atoms with E-state index in [1.54, 1.807) is 12.1 Å². The van der Waals surface area contributed by atoms with Crippen molar-refractivity contribution in [3.8, 4) is 0 Å². The number of likely N-dealkylation sites (tertiary alicyclic amines) is 1. The van der Waals surface area contributed by atoms with Crippen LogP contribution in [-0.4, -0.2) is 36.5 Å². The Kier molecular flexibility index (Phi) is 5.09. The van der Waals surface area contributed by atoms with Gasteiger partial charge in [0.2, 0.25) is 0 Å². The van der Waals surface area contributed by atoms with Gasteiger partial charge in [0.15, 0.2) is 0 Å². The predicted molar refractivity (Wildman–Crippen MR) is 79.7 cm³/mol. The van der Waals surface area contributed by atoms with E-state index < -0.39 is 0 Å². The molecule has 0 radical (unpaired) electrons. The lowest BCUT2D eigenvalue weighted by Gasteiger charge is -2.41. The molecule has 0 aromatic heterocycles. The van der Waals surface area contributed by atoms with Crippen molar-refractivity contribution in [2.45, 2.75) is 25.8 Å². The summed E-state index contributed by atoms with van der Waals surface area (Å²) in [6.45, 7) is 4.97. The molecule has 20 heavy (non-hydrogen) atoms. The Hall–Kier alpha value is -1.46. The second-order valence-electron chi connectivity index (χ2n) is 5.35. The third-order valence-electron chi connectivity index (χ3n) is 4.18. The van der Waals surface area contributed by atoms with Gasteiger partial charge in [-0.1, -0.05) is 25.1 Å². The fourth-order valence-corrected chi connectivity index (χ4v) is 3.34. The smallest absolute Gasteiger partial charge is 0.274 e. The van der Waals surface area contributed by atoms with E-state index in [1.165, 1.54) is 0 Å². The van der Waals surface area contributed by atoms with Gasteiger partial charge in [0.1, 0.15) is 0 Å². The molecule has 1 aliphatic rings. The molecular formula is C15H23N3O2. The van der Waals surface area contributed by atoms with E-state index in [1.807, 2.05) is 19.2 Å². The van der Waals surface area contributed by atoms with Gasteiger partial charge in [0, 0.05) is 17.7 Å². The van der Waals surface area contributed by atoms with Gasteiger partial charge in [-0.2, -0.15) is 0 Å². The van der Waals surface area contributed by atoms with Crippen LogP contribution in [0.2, 0.25) is 0 Å². The first-order valence-corrected chi connectivity index (χ1v) is 7.31. The normalized spacial score (nSPS) is 23.7. The summed E-state index contributed by atoms with van der Waals surface area (Å²) in [6.07, 6.45) is 2.28. The molecule has 5 heteroatoms. The minimum Gasteiger partial charge on any atom is -0.319 e. The van der Waals surface area contributed by atoms with Crippen LogP contribution in [0.25, 0.3) is 0 Å². The van der Waals surface area contributed by atoms with E-state index in [9.17, 15) is 10.1 Å². The van der Waals surface area contributed by atoms with Crippen molar-refractivity contribution in [2.75, 3.05) is 26.7 Å². The Labute approximate surface area is 120 Å². The molecule has 0 bridgehead atoms. The quantitative estimate of drug-likeness (QED) is 0.664. The van der Waals surface area contributed by atoms with E-state index >= 15 is 0 Å². The molecule has 1 N–H and O–H groups in total. The summed E-state index contributed by atoms with van der Waals surface area (Å²) in [4.78, 5) is 13.4. The minimum atomic E-state index is -0.256. The fourth-order valence-electron chi connectivity index (χ4n) is 3.34. The van der Waals surface area contributed by atoms with Gasteiger partial charge in [-0.15, -0.1) is 0 Å². The number of hydrogen-bond acceptors (Lipinski definition) is 4. The van der Waals surface area contributed by atoms with Gasteiger partial charge in [0.25, 0.3) is 5.69 Å². The topological polar surface area (TPSA) is 58.4 Å². The van der Waals surface area contributed by atoms with Gasteiger partial charge in [-0.25, -0.2) is 0 Å². The molecule has 0 saturated carbocycles. The number of benzene rings is 1. The highest BCUT2D eigenvalue weighted by atomic mass is 16.6. The molecule has 1 saturated heterocycles. The van der Waals surface area contributed by atoms with Crippen LogP contribution in [0, 0.1) is 16.0 Å². The average Bonchev–Trinajstić information content (AvgIpc) is 2.47. The molecule has 1 heterocycles. The maximum absolute atomic E-state index is 11.3. The maximum atomic E-state index is 11.3. The highest BCUT2D eigenvalue weighted by Crippen LogP contribution is 2.39. The van der Waals surface area contributed by atoms with Crippen LogP contribution in [0.1, 0.15) is 31.4 Å². The number of nitrogens with one attached hydrogen (secondary N) is 1. The summed E-state index contributed by atoms with van der Waals surface area (Å²) >= 11 is 0. The van der Waals surface area contributed by atoms with Crippen molar-refractivity contribution in [1.29, 1.82) is 0 Å². The average molecular weight is 277 g/mol. The number of hydrogen-bond donors (Lipinski definition) is 1. The van der Waals surface area contributed by atoms with Crippen molar-refractivity contribution in [3.63, 3.8) is 0 Å². The lowest BCUT2D eigenvalue weighted by atomic mass is 9.84. The molecule has 110 valence electrons.